The molecular formula is C25H28N8O6S. The number of aryl methyl sites for hydroxylation is 1. The number of benzene rings is 1. The van der Waals surface area contributed by atoms with E-state index in [0.717, 1.165) is 5.56 Å². The first-order valence-corrected chi connectivity index (χ1v) is 13.8. The number of rotatable bonds is 10. The van der Waals surface area contributed by atoms with Gasteiger partial charge in [-0.2, -0.15) is 9.97 Å². The minimum absolute atomic E-state index is 0.111. The van der Waals surface area contributed by atoms with Crippen LogP contribution in [0.15, 0.2) is 42.9 Å². The molecule has 0 aliphatic carbocycles. The summed E-state index contributed by atoms with van der Waals surface area (Å²) >= 11 is 0. The zero-order valence-corrected chi connectivity index (χ0v) is 23.3. The quantitative estimate of drug-likeness (QED) is 0.297. The number of nitrogens with zero attached hydrogens (tertiary/aromatic N) is 7. The molecule has 210 valence electrons. The maximum Gasteiger partial charge on any atom is 0.245 e. The molecule has 1 N–H and O–H groups in total. The SMILES string of the molecule is COc1ncnc(OC)c1-n1c(NS(=O)(=O)[C@@H](C)[C@H](OC)c2nccc(C)n2)nnc1[C@@H]1Cc2ccccc2O1. The third-order valence-electron chi connectivity index (χ3n) is 6.46. The third kappa shape index (κ3) is 5.00. The molecule has 14 nitrogen and oxygen atoms in total. The Morgan fingerprint density at radius 2 is 1.77 bits per heavy atom. The third-order valence-corrected chi connectivity index (χ3v) is 8.15. The van der Waals surface area contributed by atoms with E-state index in [1.54, 1.807) is 19.2 Å². The van der Waals surface area contributed by atoms with E-state index in [2.05, 4.69) is 34.9 Å². The molecule has 1 aromatic carbocycles. The van der Waals surface area contributed by atoms with E-state index in [1.807, 2.05) is 24.3 Å². The molecule has 0 radical (unpaired) electrons. The molecule has 0 fully saturated rings. The van der Waals surface area contributed by atoms with Gasteiger partial charge in [-0.15, -0.1) is 10.2 Å². The van der Waals surface area contributed by atoms with Gasteiger partial charge in [0, 0.05) is 25.4 Å². The van der Waals surface area contributed by atoms with Crippen LogP contribution in [0.25, 0.3) is 5.69 Å². The van der Waals surface area contributed by atoms with Gasteiger partial charge in [0.05, 0.1) is 14.2 Å². The van der Waals surface area contributed by atoms with Gasteiger partial charge >= 0.3 is 0 Å². The number of aromatic nitrogens is 7. The number of sulfonamides is 1. The second-order valence-corrected chi connectivity index (χ2v) is 11.0. The van der Waals surface area contributed by atoms with Gasteiger partial charge in [-0.25, -0.2) is 18.4 Å². The van der Waals surface area contributed by atoms with E-state index in [9.17, 15) is 8.42 Å². The first-order chi connectivity index (χ1) is 19.3. The van der Waals surface area contributed by atoms with Gasteiger partial charge in [0.1, 0.15) is 23.4 Å². The van der Waals surface area contributed by atoms with Crippen molar-refractivity contribution in [1.82, 2.24) is 34.7 Å². The van der Waals surface area contributed by atoms with Crippen LogP contribution >= 0.6 is 0 Å². The van der Waals surface area contributed by atoms with Crippen LogP contribution in [-0.2, 0) is 21.2 Å². The zero-order valence-electron chi connectivity index (χ0n) is 22.5. The molecule has 3 aromatic heterocycles. The molecule has 4 heterocycles. The lowest BCUT2D eigenvalue weighted by molar-refractivity contribution is 0.0948. The lowest BCUT2D eigenvalue weighted by atomic mass is 10.1. The molecule has 0 spiro atoms. The number of hydrogen-bond donors (Lipinski definition) is 1. The number of fused-ring (bicyclic) bond motifs is 1. The van der Waals surface area contributed by atoms with Gasteiger partial charge < -0.3 is 18.9 Å². The lowest BCUT2D eigenvalue weighted by Gasteiger charge is -2.23. The van der Waals surface area contributed by atoms with Crippen molar-refractivity contribution in [3.05, 3.63) is 65.8 Å². The zero-order chi connectivity index (χ0) is 28.4. The normalized spacial score (nSPS) is 16.1. The van der Waals surface area contributed by atoms with Gasteiger partial charge in [0.2, 0.25) is 27.7 Å². The number of anilines is 1. The Balaban J connectivity index is 1.59. The van der Waals surface area contributed by atoms with Crippen molar-refractivity contribution in [2.45, 2.75) is 37.7 Å². The first kappa shape index (κ1) is 27.2. The fourth-order valence-corrected chi connectivity index (χ4v) is 5.58. The van der Waals surface area contributed by atoms with Crippen molar-refractivity contribution in [1.29, 1.82) is 0 Å². The largest absolute Gasteiger partial charge is 0.482 e. The van der Waals surface area contributed by atoms with Gasteiger partial charge in [-0.05, 0) is 31.5 Å². The number of ether oxygens (including phenoxy) is 4. The van der Waals surface area contributed by atoms with Crippen LogP contribution in [0.2, 0.25) is 0 Å². The summed E-state index contributed by atoms with van der Waals surface area (Å²) in [5.74, 6) is 1.30. The monoisotopic (exact) mass is 568 g/mol. The highest BCUT2D eigenvalue weighted by atomic mass is 32.2. The summed E-state index contributed by atoms with van der Waals surface area (Å²) in [6, 6.07) is 9.30. The van der Waals surface area contributed by atoms with Crippen LogP contribution in [0.3, 0.4) is 0 Å². The predicted octanol–water partition coefficient (Wildman–Crippen LogP) is 2.37. The van der Waals surface area contributed by atoms with Gasteiger partial charge in [0.25, 0.3) is 0 Å². The van der Waals surface area contributed by atoms with Crippen LogP contribution in [0.5, 0.6) is 17.5 Å². The van der Waals surface area contributed by atoms with E-state index < -0.39 is 27.5 Å². The van der Waals surface area contributed by atoms with Gasteiger partial charge in [0.15, 0.2) is 23.4 Å². The van der Waals surface area contributed by atoms with Crippen LogP contribution < -0.4 is 18.9 Å². The summed E-state index contributed by atoms with van der Waals surface area (Å²) < 4.78 is 54.1. The Morgan fingerprint density at radius 3 is 2.42 bits per heavy atom. The second-order valence-electron chi connectivity index (χ2n) is 8.94. The highest BCUT2D eigenvalue weighted by molar-refractivity contribution is 7.93. The maximum absolute atomic E-state index is 13.7. The standard InChI is InChI=1S/C25H28N8O6S/c1-14-10-11-26-21(29-14)20(36-3)15(2)40(34,35)32-25-31-30-22(18-12-16-8-6-7-9-17(16)39-18)33(25)19-23(37-4)27-13-28-24(19)38-5/h6-11,13,15,18,20H,12H2,1-5H3,(H,31,32)/t15-,18-,20-/m0/s1. The highest BCUT2D eigenvalue weighted by Crippen LogP contribution is 2.40. The van der Waals surface area contributed by atoms with E-state index in [1.165, 1.54) is 39.1 Å². The molecule has 0 bridgehead atoms. The average molecular weight is 569 g/mol. The minimum atomic E-state index is -4.16. The molecule has 0 amide bonds. The Kier molecular flexibility index (Phi) is 7.49. The fourth-order valence-electron chi connectivity index (χ4n) is 4.45. The van der Waals surface area contributed by atoms with Crippen molar-refractivity contribution in [3.8, 4) is 23.2 Å². The summed E-state index contributed by atoms with van der Waals surface area (Å²) in [4.78, 5) is 16.9. The van der Waals surface area contributed by atoms with Crippen molar-refractivity contribution in [3.63, 3.8) is 0 Å². The lowest BCUT2D eigenvalue weighted by Crippen LogP contribution is -2.33. The van der Waals surface area contributed by atoms with Crippen molar-refractivity contribution in [2.24, 2.45) is 0 Å². The molecule has 0 saturated heterocycles. The second kappa shape index (κ2) is 11.0. The van der Waals surface area contributed by atoms with Gasteiger partial charge in [-0.3, -0.25) is 9.29 Å². The molecule has 1 aliphatic heterocycles. The summed E-state index contributed by atoms with van der Waals surface area (Å²) in [5.41, 5.74) is 1.85. The number of hydrogen-bond acceptors (Lipinski definition) is 12. The number of methoxy groups -OCH3 is 3. The summed E-state index contributed by atoms with van der Waals surface area (Å²) in [7, 11) is 0.0868. The fraction of sp³-hybridized carbons (Fsp3) is 0.360. The maximum atomic E-state index is 13.7. The molecule has 3 atom stereocenters. The van der Waals surface area contributed by atoms with Gasteiger partial charge in [-0.1, -0.05) is 18.2 Å². The predicted molar refractivity (Wildman–Crippen MR) is 142 cm³/mol. The first-order valence-electron chi connectivity index (χ1n) is 12.2. The summed E-state index contributed by atoms with van der Waals surface area (Å²) in [6.45, 7) is 3.28. The topological polar surface area (TPSA) is 165 Å². The molecule has 4 aromatic rings. The molecule has 40 heavy (non-hydrogen) atoms. The molecule has 0 saturated carbocycles. The Bertz CT molecular complexity index is 1580. The molecule has 15 heteroatoms. The average Bonchev–Trinajstić information content (AvgIpc) is 3.56. The number of para-hydroxylation sites is 1. The minimum Gasteiger partial charge on any atom is -0.482 e. The van der Waals surface area contributed by atoms with Crippen LogP contribution in [-0.4, -0.2) is 69.7 Å². The van der Waals surface area contributed by atoms with Crippen LogP contribution in [0, 0.1) is 6.92 Å². The molecular weight excluding hydrogens is 540 g/mol. The smallest absolute Gasteiger partial charge is 0.245 e. The van der Waals surface area contributed by atoms with Crippen molar-refractivity contribution < 1.29 is 27.4 Å². The van der Waals surface area contributed by atoms with E-state index >= 15 is 0 Å². The molecule has 1 aliphatic rings. The highest BCUT2D eigenvalue weighted by Gasteiger charge is 2.37. The number of nitrogens with one attached hydrogen (secondary N) is 1. The summed E-state index contributed by atoms with van der Waals surface area (Å²) in [5, 5.41) is 7.39. The van der Waals surface area contributed by atoms with Crippen molar-refractivity contribution >= 4 is 16.0 Å². The van der Waals surface area contributed by atoms with Crippen LogP contribution in [0.4, 0.5) is 5.95 Å². The molecule has 0 unspecified atom stereocenters. The molecule has 5 rings (SSSR count). The van der Waals surface area contributed by atoms with E-state index in [-0.39, 0.29) is 29.2 Å². The van der Waals surface area contributed by atoms with Crippen molar-refractivity contribution in [2.75, 3.05) is 26.1 Å². The van der Waals surface area contributed by atoms with Crippen LogP contribution in [0.1, 0.15) is 42.0 Å². The van der Waals surface area contributed by atoms with E-state index in [4.69, 9.17) is 18.9 Å². The Morgan fingerprint density at radius 1 is 1.05 bits per heavy atom. The Labute approximate surface area is 230 Å². The Hall–Kier alpha value is -4.37. The van der Waals surface area contributed by atoms with E-state index in [0.29, 0.717) is 23.7 Å². The summed E-state index contributed by atoms with van der Waals surface area (Å²) in [6.07, 6.45) is 1.73.